The summed E-state index contributed by atoms with van der Waals surface area (Å²) in [6.07, 6.45) is 8.14. The molecule has 6 heteroatoms. The van der Waals surface area contributed by atoms with Crippen molar-refractivity contribution >= 4 is 5.82 Å². The zero-order valence-electron chi connectivity index (χ0n) is 13.6. The summed E-state index contributed by atoms with van der Waals surface area (Å²) >= 11 is 0. The molecule has 0 aliphatic carbocycles. The molecule has 3 heterocycles. The lowest BCUT2D eigenvalue weighted by molar-refractivity contribution is 0.753. The van der Waals surface area contributed by atoms with E-state index in [0.29, 0.717) is 6.54 Å². The summed E-state index contributed by atoms with van der Waals surface area (Å²) < 4.78 is 2.02. The van der Waals surface area contributed by atoms with Crippen LogP contribution >= 0.6 is 0 Å². The van der Waals surface area contributed by atoms with Crippen LogP contribution in [0.15, 0.2) is 43.0 Å². The minimum atomic E-state index is 0.694. The number of rotatable bonds is 5. The first-order chi connectivity index (χ1) is 11.2. The summed E-state index contributed by atoms with van der Waals surface area (Å²) in [5.41, 5.74) is 2.00. The van der Waals surface area contributed by atoms with Gasteiger partial charge in [0.05, 0.1) is 6.54 Å². The molecule has 0 aromatic carbocycles. The quantitative estimate of drug-likeness (QED) is 0.724. The molecule has 0 N–H and O–H groups in total. The van der Waals surface area contributed by atoms with Crippen molar-refractivity contribution in [2.45, 2.75) is 19.9 Å². The Balaban J connectivity index is 1.94. The first kappa shape index (κ1) is 15.1. The van der Waals surface area contributed by atoms with E-state index in [4.69, 9.17) is 4.98 Å². The third-order valence-electron chi connectivity index (χ3n) is 3.76. The number of pyridine rings is 1. The van der Waals surface area contributed by atoms with Gasteiger partial charge in [-0.1, -0.05) is 6.92 Å². The molecule has 0 bridgehead atoms. The molecule has 0 unspecified atom stereocenters. The van der Waals surface area contributed by atoms with Crippen molar-refractivity contribution in [2.75, 3.05) is 11.9 Å². The van der Waals surface area contributed by atoms with E-state index in [1.807, 2.05) is 49.3 Å². The van der Waals surface area contributed by atoms with Crippen molar-refractivity contribution in [1.82, 2.24) is 24.5 Å². The van der Waals surface area contributed by atoms with Gasteiger partial charge in [-0.15, -0.1) is 0 Å². The monoisotopic (exact) mass is 308 g/mol. The lowest BCUT2D eigenvalue weighted by atomic mass is 10.2. The average Bonchev–Trinajstić information content (AvgIpc) is 3.00. The molecule has 0 aliphatic heterocycles. The van der Waals surface area contributed by atoms with E-state index in [9.17, 15) is 0 Å². The lowest BCUT2D eigenvalue weighted by Crippen LogP contribution is -2.20. The molecular formula is C17H20N6. The van der Waals surface area contributed by atoms with Gasteiger partial charge in [0.15, 0.2) is 5.82 Å². The zero-order valence-corrected chi connectivity index (χ0v) is 13.6. The standard InChI is InChI=1S/C17H20N6/c1-4-14-11-15(23(3)12-16-19-9-10-22(16)2)21-17(20-14)13-5-7-18-8-6-13/h5-11H,4,12H2,1-3H3. The molecule has 0 saturated carbocycles. The number of nitrogens with zero attached hydrogens (tertiary/aromatic N) is 6. The Hall–Kier alpha value is -2.76. The maximum atomic E-state index is 4.71. The van der Waals surface area contributed by atoms with Gasteiger partial charge in [-0.2, -0.15) is 0 Å². The Morgan fingerprint density at radius 3 is 2.57 bits per heavy atom. The topological polar surface area (TPSA) is 59.7 Å². The minimum Gasteiger partial charge on any atom is -0.352 e. The minimum absolute atomic E-state index is 0.694. The van der Waals surface area contributed by atoms with Gasteiger partial charge in [-0.05, 0) is 18.6 Å². The highest BCUT2D eigenvalue weighted by Gasteiger charge is 2.11. The Kier molecular flexibility index (Phi) is 4.32. The Morgan fingerprint density at radius 1 is 1.13 bits per heavy atom. The first-order valence-corrected chi connectivity index (χ1v) is 7.63. The fourth-order valence-corrected chi connectivity index (χ4v) is 2.33. The largest absolute Gasteiger partial charge is 0.352 e. The van der Waals surface area contributed by atoms with E-state index >= 15 is 0 Å². The number of hydrogen-bond acceptors (Lipinski definition) is 5. The van der Waals surface area contributed by atoms with Crippen LogP contribution in [0.4, 0.5) is 5.82 Å². The van der Waals surface area contributed by atoms with Crippen LogP contribution in [0.3, 0.4) is 0 Å². The fourth-order valence-electron chi connectivity index (χ4n) is 2.33. The van der Waals surface area contributed by atoms with Crippen molar-refractivity contribution in [1.29, 1.82) is 0 Å². The molecule has 0 aliphatic rings. The van der Waals surface area contributed by atoms with Crippen LogP contribution in [-0.2, 0) is 20.0 Å². The molecule has 6 nitrogen and oxygen atoms in total. The molecule has 0 saturated heterocycles. The van der Waals surface area contributed by atoms with Gasteiger partial charge in [0.1, 0.15) is 11.6 Å². The molecule has 0 amide bonds. The van der Waals surface area contributed by atoms with Gasteiger partial charge in [0, 0.05) is 56.2 Å². The third kappa shape index (κ3) is 3.36. The van der Waals surface area contributed by atoms with Crippen LogP contribution < -0.4 is 4.90 Å². The second-order valence-electron chi connectivity index (χ2n) is 5.44. The SMILES string of the molecule is CCc1cc(N(C)Cc2nccn2C)nc(-c2ccncc2)n1. The van der Waals surface area contributed by atoms with Crippen molar-refractivity contribution in [3.63, 3.8) is 0 Å². The van der Waals surface area contributed by atoms with Gasteiger partial charge < -0.3 is 9.47 Å². The summed E-state index contributed by atoms with van der Waals surface area (Å²) in [5.74, 6) is 2.62. The number of hydrogen-bond donors (Lipinski definition) is 0. The Bertz CT molecular complexity index is 781. The van der Waals surface area contributed by atoms with E-state index in [2.05, 4.69) is 26.8 Å². The predicted octanol–water partition coefficient (Wildman–Crippen LogP) is 2.47. The summed E-state index contributed by atoms with van der Waals surface area (Å²) in [6.45, 7) is 2.79. The van der Waals surface area contributed by atoms with Gasteiger partial charge in [0.2, 0.25) is 0 Å². The summed E-state index contributed by atoms with van der Waals surface area (Å²) in [5, 5.41) is 0. The van der Waals surface area contributed by atoms with E-state index in [-0.39, 0.29) is 0 Å². The van der Waals surface area contributed by atoms with Gasteiger partial charge >= 0.3 is 0 Å². The van der Waals surface area contributed by atoms with Crippen LogP contribution in [0.2, 0.25) is 0 Å². The Morgan fingerprint density at radius 2 is 1.91 bits per heavy atom. The molecule has 23 heavy (non-hydrogen) atoms. The molecule has 3 aromatic rings. The maximum absolute atomic E-state index is 4.71. The smallest absolute Gasteiger partial charge is 0.161 e. The second kappa shape index (κ2) is 6.56. The lowest BCUT2D eigenvalue weighted by Gasteiger charge is -2.19. The summed E-state index contributed by atoms with van der Waals surface area (Å²) in [6, 6.07) is 5.89. The van der Waals surface area contributed by atoms with Gasteiger partial charge in [-0.3, -0.25) is 4.98 Å². The number of anilines is 1. The normalized spacial score (nSPS) is 10.7. The van der Waals surface area contributed by atoms with Crippen LogP contribution in [0.5, 0.6) is 0 Å². The van der Waals surface area contributed by atoms with Crippen molar-refractivity contribution in [3.05, 3.63) is 54.5 Å². The highest BCUT2D eigenvalue weighted by atomic mass is 15.2. The average molecular weight is 308 g/mol. The number of aromatic nitrogens is 5. The van der Waals surface area contributed by atoms with Crippen LogP contribution in [0, 0.1) is 0 Å². The third-order valence-corrected chi connectivity index (χ3v) is 3.76. The van der Waals surface area contributed by atoms with Crippen molar-refractivity contribution < 1.29 is 0 Å². The highest BCUT2D eigenvalue weighted by molar-refractivity contribution is 5.57. The van der Waals surface area contributed by atoms with E-state index in [1.54, 1.807) is 12.4 Å². The van der Waals surface area contributed by atoms with E-state index in [0.717, 1.165) is 35.1 Å². The molecule has 3 rings (SSSR count). The number of imidazole rings is 1. The predicted molar refractivity (Wildman–Crippen MR) is 90.0 cm³/mol. The maximum Gasteiger partial charge on any atom is 0.161 e. The second-order valence-corrected chi connectivity index (χ2v) is 5.44. The van der Waals surface area contributed by atoms with Crippen molar-refractivity contribution in [3.8, 4) is 11.4 Å². The number of aryl methyl sites for hydroxylation is 2. The molecule has 0 atom stereocenters. The summed E-state index contributed by atoms with van der Waals surface area (Å²) in [7, 11) is 4.02. The first-order valence-electron chi connectivity index (χ1n) is 7.63. The molecular weight excluding hydrogens is 288 g/mol. The van der Waals surface area contributed by atoms with Crippen LogP contribution in [0.1, 0.15) is 18.4 Å². The zero-order chi connectivity index (χ0) is 16.2. The molecule has 0 fully saturated rings. The highest BCUT2D eigenvalue weighted by Crippen LogP contribution is 2.20. The summed E-state index contributed by atoms with van der Waals surface area (Å²) in [4.78, 5) is 19.9. The van der Waals surface area contributed by atoms with Crippen LogP contribution in [-0.4, -0.2) is 31.6 Å². The van der Waals surface area contributed by atoms with Gasteiger partial charge in [0.25, 0.3) is 0 Å². The van der Waals surface area contributed by atoms with E-state index in [1.165, 1.54) is 0 Å². The fraction of sp³-hybridized carbons (Fsp3) is 0.294. The van der Waals surface area contributed by atoms with Crippen molar-refractivity contribution in [2.24, 2.45) is 7.05 Å². The molecule has 0 radical (unpaired) electrons. The van der Waals surface area contributed by atoms with Crippen LogP contribution in [0.25, 0.3) is 11.4 Å². The molecule has 0 spiro atoms. The Labute approximate surface area is 135 Å². The molecule has 118 valence electrons. The molecule has 3 aromatic heterocycles. The van der Waals surface area contributed by atoms with Gasteiger partial charge in [-0.25, -0.2) is 15.0 Å². The van der Waals surface area contributed by atoms with E-state index < -0.39 is 0 Å².